The largest absolute Gasteiger partial charge is 0.291 e. The molecule has 3 heteroatoms. The molecule has 0 atom stereocenters. The van der Waals surface area contributed by atoms with Crippen molar-refractivity contribution in [2.75, 3.05) is 13.2 Å². The van der Waals surface area contributed by atoms with Gasteiger partial charge in [0.25, 0.3) is 0 Å². The minimum absolute atomic E-state index is 0.829. The molecule has 21 heavy (non-hydrogen) atoms. The van der Waals surface area contributed by atoms with Crippen LogP contribution in [-0.4, -0.2) is 13.2 Å². The summed E-state index contributed by atoms with van der Waals surface area (Å²) in [6, 6.07) is 0. The third-order valence-corrected chi connectivity index (χ3v) is 4.28. The van der Waals surface area contributed by atoms with Gasteiger partial charge in [-0.25, -0.2) is 0 Å². The summed E-state index contributed by atoms with van der Waals surface area (Å²) in [5.41, 5.74) is 0. The van der Waals surface area contributed by atoms with Crippen LogP contribution in [0, 0.1) is 0 Å². The second-order valence-corrected chi connectivity index (χ2v) is 6.56. The molecule has 0 fully saturated rings. The first-order valence-electron chi connectivity index (χ1n) is 9.32. The average molecular weight is 319 g/mol. The number of hydrogen-bond donors (Lipinski definition) is 0. The average Bonchev–Trinajstić information content (AvgIpc) is 2.50. The van der Waals surface area contributed by atoms with Crippen molar-refractivity contribution >= 4 is 12.3 Å². The Labute approximate surface area is 138 Å². The molecule has 2 nitrogen and oxygen atoms in total. The lowest BCUT2D eigenvalue weighted by Gasteiger charge is -2.04. The minimum Gasteiger partial charge on any atom is -0.291 e. The molecule has 0 N–H and O–H groups in total. The van der Waals surface area contributed by atoms with Gasteiger partial charge in [0.2, 0.25) is 0 Å². The Hall–Kier alpha value is 0.270. The summed E-state index contributed by atoms with van der Waals surface area (Å²) < 4.78 is 10.8. The van der Waals surface area contributed by atoms with E-state index >= 15 is 0 Å². The van der Waals surface area contributed by atoms with Crippen LogP contribution in [0.2, 0.25) is 0 Å². The predicted molar refractivity (Wildman–Crippen MR) is 95.5 cm³/mol. The second-order valence-electron chi connectivity index (χ2n) is 5.95. The summed E-state index contributed by atoms with van der Waals surface area (Å²) in [6.07, 6.45) is 18.6. The maximum Gasteiger partial charge on any atom is 0.158 e. The standard InChI is InChI=1S/C18H38O2S/c1-3-5-7-9-11-13-15-17-19-21-20-18-16-14-12-10-8-6-4-2/h3-18H2,1-2H3. The van der Waals surface area contributed by atoms with Crippen LogP contribution in [0.25, 0.3) is 0 Å². The molecule has 0 amide bonds. The molecular formula is C18H38O2S. The van der Waals surface area contributed by atoms with Gasteiger partial charge in [0.15, 0.2) is 12.3 Å². The molecule has 128 valence electrons. The van der Waals surface area contributed by atoms with E-state index in [-0.39, 0.29) is 0 Å². The molecule has 0 spiro atoms. The maximum atomic E-state index is 5.42. The van der Waals surface area contributed by atoms with Crippen LogP contribution in [0.15, 0.2) is 0 Å². The van der Waals surface area contributed by atoms with Crippen molar-refractivity contribution < 1.29 is 8.37 Å². The Morgan fingerprint density at radius 2 is 0.810 bits per heavy atom. The third kappa shape index (κ3) is 20.3. The highest BCUT2D eigenvalue weighted by atomic mass is 32.2. The topological polar surface area (TPSA) is 18.5 Å². The molecule has 0 aromatic heterocycles. The molecule has 0 aliphatic heterocycles. The predicted octanol–water partition coefficient (Wildman–Crippen LogP) is 7.08. The summed E-state index contributed by atoms with van der Waals surface area (Å²) in [4.78, 5) is 0. The zero-order valence-electron chi connectivity index (χ0n) is 14.5. The van der Waals surface area contributed by atoms with Crippen molar-refractivity contribution in [2.24, 2.45) is 0 Å². The zero-order chi connectivity index (χ0) is 15.4. The van der Waals surface area contributed by atoms with Crippen LogP contribution in [0.4, 0.5) is 0 Å². The fourth-order valence-corrected chi connectivity index (χ4v) is 2.78. The maximum absolute atomic E-state index is 5.42. The smallest absolute Gasteiger partial charge is 0.158 e. The van der Waals surface area contributed by atoms with E-state index in [0.29, 0.717) is 0 Å². The highest BCUT2D eigenvalue weighted by Gasteiger charge is 1.95. The van der Waals surface area contributed by atoms with Crippen molar-refractivity contribution in [3.8, 4) is 0 Å². The first kappa shape index (κ1) is 21.3. The van der Waals surface area contributed by atoms with Crippen molar-refractivity contribution in [3.63, 3.8) is 0 Å². The van der Waals surface area contributed by atoms with Crippen molar-refractivity contribution in [2.45, 2.75) is 104 Å². The number of rotatable bonds is 18. The van der Waals surface area contributed by atoms with Crippen molar-refractivity contribution in [3.05, 3.63) is 0 Å². The van der Waals surface area contributed by atoms with E-state index in [0.717, 1.165) is 13.2 Å². The Balaban J connectivity index is 2.90. The first-order valence-corrected chi connectivity index (χ1v) is 9.99. The minimum atomic E-state index is 0.829. The quantitative estimate of drug-likeness (QED) is 0.199. The van der Waals surface area contributed by atoms with Gasteiger partial charge >= 0.3 is 0 Å². The molecule has 0 rings (SSSR count). The van der Waals surface area contributed by atoms with Gasteiger partial charge in [-0.15, -0.1) is 0 Å². The van der Waals surface area contributed by atoms with E-state index in [1.165, 1.54) is 102 Å². The van der Waals surface area contributed by atoms with Crippen LogP contribution < -0.4 is 0 Å². The summed E-state index contributed by atoms with van der Waals surface area (Å²) in [5, 5.41) is 0. The highest BCUT2D eigenvalue weighted by molar-refractivity contribution is 7.89. The zero-order valence-corrected chi connectivity index (χ0v) is 15.4. The lowest BCUT2D eigenvalue weighted by Crippen LogP contribution is -1.92. The van der Waals surface area contributed by atoms with Crippen LogP contribution in [0.5, 0.6) is 0 Å². The van der Waals surface area contributed by atoms with Gasteiger partial charge in [-0.1, -0.05) is 90.9 Å². The van der Waals surface area contributed by atoms with E-state index < -0.39 is 0 Å². The summed E-state index contributed by atoms with van der Waals surface area (Å²) in [6.45, 7) is 6.18. The second kappa shape index (κ2) is 20.3. The van der Waals surface area contributed by atoms with Gasteiger partial charge in [0.05, 0.1) is 13.2 Å². The molecular weight excluding hydrogens is 280 g/mol. The van der Waals surface area contributed by atoms with Gasteiger partial charge in [0, 0.05) is 0 Å². The van der Waals surface area contributed by atoms with Crippen LogP contribution >= 0.6 is 12.3 Å². The fourth-order valence-electron chi connectivity index (χ4n) is 2.34. The van der Waals surface area contributed by atoms with Gasteiger partial charge in [-0.2, -0.15) is 0 Å². The summed E-state index contributed by atoms with van der Waals surface area (Å²) >= 11 is 1.20. The molecule has 0 unspecified atom stereocenters. The molecule has 0 saturated carbocycles. The SMILES string of the molecule is CCCCCCCCCOSOCCCCCCCCC. The van der Waals surface area contributed by atoms with Gasteiger partial charge in [0.1, 0.15) is 0 Å². The van der Waals surface area contributed by atoms with E-state index in [9.17, 15) is 0 Å². The van der Waals surface area contributed by atoms with Crippen molar-refractivity contribution in [1.29, 1.82) is 0 Å². The summed E-state index contributed by atoms with van der Waals surface area (Å²) in [5.74, 6) is 0. The molecule has 0 aliphatic carbocycles. The van der Waals surface area contributed by atoms with E-state index in [4.69, 9.17) is 8.37 Å². The van der Waals surface area contributed by atoms with E-state index in [2.05, 4.69) is 13.8 Å². The lowest BCUT2D eigenvalue weighted by atomic mass is 10.1. The van der Waals surface area contributed by atoms with Crippen LogP contribution in [-0.2, 0) is 8.37 Å². The molecule has 0 aromatic carbocycles. The summed E-state index contributed by atoms with van der Waals surface area (Å²) in [7, 11) is 0. The Morgan fingerprint density at radius 3 is 1.19 bits per heavy atom. The van der Waals surface area contributed by atoms with E-state index in [1.807, 2.05) is 0 Å². The lowest BCUT2D eigenvalue weighted by molar-refractivity contribution is 0.274. The molecule has 0 bridgehead atoms. The third-order valence-electron chi connectivity index (χ3n) is 3.76. The highest BCUT2D eigenvalue weighted by Crippen LogP contribution is 2.12. The van der Waals surface area contributed by atoms with E-state index in [1.54, 1.807) is 0 Å². The van der Waals surface area contributed by atoms with Gasteiger partial charge < -0.3 is 0 Å². The fraction of sp³-hybridized carbons (Fsp3) is 1.00. The van der Waals surface area contributed by atoms with Gasteiger partial charge in [-0.3, -0.25) is 8.37 Å². The monoisotopic (exact) mass is 318 g/mol. The molecule has 0 aliphatic rings. The van der Waals surface area contributed by atoms with Crippen molar-refractivity contribution in [1.82, 2.24) is 0 Å². The number of unbranched alkanes of at least 4 members (excludes halogenated alkanes) is 12. The molecule has 0 saturated heterocycles. The Bertz CT molecular complexity index is 159. The first-order chi connectivity index (χ1) is 10.4. The molecule has 0 heterocycles. The Morgan fingerprint density at radius 1 is 0.476 bits per heavy atom. The Kier molecular flexibility index (Phi) is 20.5. The molecule has 0 radical (unpaired) electrons. The number of hydrogen-bond acceptors (Lipinski definition) is 3. The van der Waals surface area contributed by atoms with Crippen LogP contribution in [0.1, 0.15) is 104 Å². The molecule has 0 aromatic rings. The van der Waals surface area contributed by atoms with Crippen LogP contribution in [0.3, 0.4) is 0 Å². The normalized spacial score (nSPS) is 11.1. The van der Waals surface area contributed by atoms with Gasteiger partial charge in [-0.05, 0) is 12.8 Å².